The molecule has 0 atom stereocenters. The zero-order valence-electron chi connectivity index (χ0n) is 10.1. The fraction of sp³-hybridized carbons (Fsp3) is 0.308. The van der Waals surface area contributed by atoms with Gasteiger partial charge in [-0.1, -0.05) is 13.0 Å². The molecule has 3 nitrogen and oxygen atoms in total. The van der Waals surface area contributed by atoms with E-state index in [2.05, 4.69) is 10.3 Å². The van der Waals surface area contributed by atoms with Gasteiger partial charge in [-0.05, 0) is 24.2 Å². The number of halogens is 1. The number of hydrogen-bond acceptors (Lipinski definition) is 4. The molecule has 0 spiro atoms. The van der Waals surface area contributed by atoms with Crippen molar-refractivity contribution in [1.82, 2.24) is 10.3 Å². The van der Waals surface area contributed by atoms with E-state index in [1.807, 2.05) is 18.4 Å². The van der Waals surface area contributed by atoms with E-state index in [1.165, 1.54) is 17.4 Å². The SMILES string of the molecule is CCNCc1ccc(OCc2cscn2)c(F)c1. The third kappa shape index (κ3) is 3.51. The molecule has 0 aliphatic rings. The molecule has 0 radical (unpaired) electrons. The summed E-state index contributed by atoms with van der Waals surface area (Å²) >= 11 is 1.50. The van der Waals surface area contributed by atoms with Crippen LogP contribution in [0.4, 0.5) is 4.39 Å². The van der Waals surface area contributed by atoms with E-state index >= 15 is 0 Å². The van der Waals surface area contributed by atoms with Gasteiger partial charge in [0, 0.05) is 11.9 Å². The number of ether oxygens (including phenoxy) is 1. The number of aromatic nitrogens is 1. The Balaban J connectivity index is 1.96. The normalized spacial score (nSPS) is 10.6. The fourth-order valence-corrected chi connectivity index (χ4v) is 2.04. The average Bonchev–Trinajstić information content (AvgIpc) is 2.88. The third-order valence-electron chi connectivity index (χ3n) is 2.43. The van der Waals surface area contributed by atoms with Crippen LogP contribution in [0.1, 0.15) is 18.2 Å². The van der Waals surface area contributed by atoms with Crippen LogP contribution in [0.25, 0.3) is 0 Å². The quantitative estimate of drug-likeness (QED) is 0.873. The Kier molecular flexibility index (Phi) is 4.66. The van der Waals surface area contributed by atoms with Crippen molar-refractivity contribution >= 4 is 11.3 Å². The molecule has 0 saturated carbocycles. The zero-order valence-corrected chi connectivity index (χ0v) is 11.0. The van der Waals surface area contributed by atoms with E-state index in [1.54, 1.807) is 11.6 Å². The van der Waals surface area contributed by atoms with Crippen LogP contribution in [-0.4, -0.2) is 11.5 Å². The lowest BCUT2D eigenvalue weighted by Gasteiger charge is -2.08. The molecule has 5 heteroatoms. The number of thiazole rings is 1. The van der Waals surface area contributed by atoms with Crippen LogP contribution in [0.15, 0.2) is 29.1 Å². The van der Waals surface area contributed by atoms with E-state index in [4.69, 9.17) is 4.74 Å². The highest BCUT2D eigenvalue weighted by Crippen LogP contribution is 2.19. The van der Waals surface area contributed by atoms with Crippen molar-refractivity contribution in [1.29, 1.82) is 0 Å². The Bertz CT molecular complexity index is 488. The van der Waals surface area contributed by atoms with Crippen LogP contribution >= 0.6 is 11.3 Å². The van der Waals surface area contributed by atoms with Crippen molar-refractivity contribution in [2.45, 2.75) is 20.1 Å². The first kappa shape index (κ1) is 13.0. The summed E-state index contributed by atoms with van der Waals surface area (Å²) in [5, 5.41) is 5.04. The third-order valence-corrected chi connectivity index (χ3v) is 3.07. The smallest absolute Gasteiger partial charge is 0.165 e. The first-order valence-electron chi connectivity index (χ1n) is 5.78. The number of hydrogen-bond donors (Lipinski definition) is 1. The molecule has 2 aromatic rings. The molecule has 1 aromatic carbocycles. The zero-order chi connectivity index (χ0) is 12.8. The van der Waals surface area contributed by atoms with Gasteiger partial charge in [-0.2, -0.15) is 0 Å². The Morgan fingerprint density at radius 2 is 2.33 bits per heavy atom. The highest BCUT2D eigenvalue weighted by Gasteiger charge is 2.05. The molecule has 1 N–H and O–H groups in total. The van der Waals surface area contributed by atoms with Gasteiger partial charge >= 0.3 is 0 Å². The second-order valence-corrected chi connectivity index (χ2v) is 4.53. The second kappa shape index (κ2) is 6.47. The van der Waals surface area contributed by atoms with Gasteiger partial charge in [0.25, 0.3) is 0 Å². The Morgan fingerprint density at radius 3 is 3.00 bits per heavy atom. The topological polar surface area (TPSA) is 34.1 Å². The predicted molar refractivity (Wildman–Crippen MR) is 70.2 cm³/mol. The maximum atomic E-state index is 13.7. The summed E-state index contributed by atoms with van der Waals surface area (Å²) in [5.41, 5.74) is 3.46. The van der Waals surface area contributed by atoms with Crippen LogP contribution in [0.2, 0.25) is 0 Å². The summed E-state index contributed by atoms with van der Waals surface area (Å²) in [6.07, 6.45) is 0. The van der Waals surface area contributed by atoms with Crippen LogP contribution in [-0.2, 0) is 13.2 Å². The number of rotatable bonds is 6. The van der Waals surface area contributed by atoms with Crippen molar-refractivity contribution in [3.63, 3.8) is 0 Å². The molecule has 0 amide bonds. The predicted octanol–water partition coefficient (Wildman–Crippen LogP) is 2.97. The summed E-state index contributed by atoms with van der Waals surface area (Å²) in [5.74, 6) is -0.0659. The minimum Gasteiger partial charge on any atom is -0.484 e. The minimum atomic E-state index is -0.333. The number of nitrogens with one attached hydrogen (secondary N) is 1. The van der Waals surface area contributed by atoms with E-state index in [-0.39, 0.29) is 11.6 Å². The van der Waals surface area contributed by atoms with E-state index in [0.29, 0.717) is 13.2 Å². The highest BCUT2D eigenvalue weighted by atomic mass is 32.1. The highest BCUT2D eigenvalue weighted by molar-refractivity contribution is 7.07. The largest absolute Gasteiger partial charge is 0.484 e. The Morgan fingerprint density at radius 1 is 1.44 bits per heavy atom. The molecule has 0 unspecified atom stereocenters. The number of benzene rings is 1. The first-order valence-corrected chi connectivity index (χ1v) is 6.73. The van der Waals surface area contributed by atoms with Gasteiger partial charge in [0.05, 0.1) is 11.2 Å². The molecule has 0 bridgehead atoms. The molecule has 1 aromatic heterocycles. The fourth-order valence-electron chi connectivity index (χ4n) is 1.50. The van der Waals surface area contributed by atoms with Gasteiger partial charge in [0.15, 0.2) is 11.6 Å². The maximum absolute atomic E-state index is 13.7. The van der Waals surface area contributed by atoms with E-state index < -0.39 is 0 Å². The van der Waals surface area contributed by atoms with E-state index in [9.17, 15) is 4.39 Å². The van der Waals surface area contributed by atoms with Crippen LogP contribution in [0.5, 0.6) is 5.75 Å². The van der Waals surface area contributed by atoms with Crippen LogP contribution < -0.4 is 10.1 Å². The first-order chi connectivity index (χ1) is 8.79. The molecule has 0 aliphatic heterocycles. The van der Waals surface area contributed by atoms with Gasteiger partial charge in [-0.15, -0.1) is 11.3 Å². The van der Waals surface area contributed by atoms with Gasteiger partial charge in [-0.25, -0.2) is 9.37 Å². The van der Waals surface area contributed by atoms with Crippen molar-refractivity contribution < 1.29 is 9.13 Å². The maximum Gasteiger partial charge on any atom is 0.165 e. The minimum absolute atomic E-state index is 0.267. The van der Waals surface area contributed by atoms with Gasteiger partial charge in [0.1, 0.15) is 6.61 Å². The lowest BCUT2D eigenvalue weighted by molar-refractivity contribution is 0.286. The van der Waals surface area contributed by atoms with Crippen molar-refractivity contribution in [2.75, 3.05) is 6.54 Å². The summed E-state index contributed by atoms with van der Waals surface area (Å²) in [7, 11) is 0. The van der Waals surface area contributed by atoms with Gasteiger partial charge in [0.2, 0.25) is 0 Å². The monoisotopic (exact) mass is 266 g/mol. The molecular weight excluding hydrogens is 251 g/mol. The second-order valence-electron chi connectivity index (χ2n) is 3.81. The molecule has 0 fully saturated rings. The Labute approximate surface area is 110 Å². The molecule has 0 saturated heterocycles. The molecule has 0 aliphatic carbocycles. The summed E-state index contributed by atoms with van der Waals surface area (Å²) in [6, 6.07) is 5.02. The summed E-state index contributed by atoms with van der Waals surface area (Å²) < 4.78 is 19.1. The Hall–Kier alpha value is -1.46. The standard InChI is InChI=1S/C13H15FN2OS/c1-2-15-6-10-3-4-13(12(14)5-10)17-7-11-8-18-9-16-11/h3-5,8-9,15H,2,6-7H2,1H3. The molecular formula is C13H15FN2OS. The van der Waals surface area contributed by atoms with Gasteiger partial charge < -0.3 is 10.1 Å². The summed E-state index contributed by atoms with van der Waals surface area (Å²) in [4.78, 5) is 4.08. The average molecular weight is 266 g/mol. The molecule has 96 valence electrons. The molecule has 1 heterocycles. The van der Waals surface area contributed by atoms with Crippen molar-refractivity contribution in [2.24, 2.45) is 0 Å². The number of nitrogens with zero attached hydrogens (tertiary/aromatic N) is 1. The lowest BCUT2D eigenvalue weighted by Crippen LogP contribution is -2.11. The lowest BCUT2D eigenvalue weighted by atomic mass is 10.2. The molecule has 18 heavy (non-hydrogen) atoms. The van der Waals surface area contributed by atoms with Crippen molar-refractivity contribution in [3.8, 4) is 5.75 Å². The van der Waals surface area contributed by atoms with Crippen LogP contribution in [0, 0.1) is 5.82 Å². The summed E-state index contributed by atoms with van der Waals surface area (Å²) in [6.45, 7) is 3.85. The van der Waals surface area contributed by atoms with Crippen LogP contribution in [0.3, 0.4) is 0 Å². The van der Waals surface area contributed by atoms with Crippen molar-refractivity contribution in [3.05, 3.63) is 46.2 Å². The van der Waals surface area contributed by atoms with Gasteiger partial charge in [-0.3, -0.25) is 0 Å². The van der Waals surface area contributed by atoms with E-state index in [0.717, 1.165) is 17.8 Å². The molecule has 2 rings (SSSR count).